The zero-order chi connectivity index (χ0) is 4.41. The van der Waals surface area contributed by atoms with Gasteiger partial charge in [-0.1, -0.05) is 0 Å². The van der Waals surface area contributed by atoms with E-state index >= 15 is 0 Å². The van der Waals surface area contributed by atoms with Crippen LogP contribution in [0.4, 0.5) is 0 Å². The molecule has 1 aliphatic heterocycles. The Morgan fingerprint density at radius 3 is 2.50 bits per heavy atom. The minimum atomic E-state index is -0.393. The van der Waals surface area contributed by atoms with Crippen molar-refractivity contribution >= 4 is 27.1 Å². The summed E-state index contributed by atoms with van der Waals surface area (Å²) >= 11 is -0.0518. The Morgan fingerprint density at radius 1 is 1.83 bits per heavy atom. The number of hydrogen-bond donors (Lipinski definition) is 0. The van der Waals surface area contributed by atoms with Crippen molar-refractivity contribution in [3.05, 3.63) is 10.6 Å². The van der Waals surface area contributed by atoms with Gasteiger partial charge in [0.2, 0.25) is 0 Å². The molecule has 6 heavy (non-hydrogen) atoms. The topological polar surface area (TPSA) is 17.1 Å². The molecule has 0 atom stereocenters. The number of rotatable bonds is 1. The molecule has 0 spiro atoms. The van der Waals surface area contributed by atoms with Gasteiger partial charge in [-0.3, -0.25) is 0 Å². The van der Waals surface area contributed by atoms with Gasteiger partial charge in [-0.15, -0.1) is 0 Å². The van der Waals surface area contributed by atoms with E-state index in [0.717, 1.165) is 5.91 Å². The van der Waals surface area contributed by atoms with Gasteiger partial charge in [0, 0.05) is 0 Å². The molecular weight excluding hydrogens is 153 g/mol. The van der Waals surface area contributed by atoms with E-state index in [0.29, 0.717) is 0 Å². The van der Waals surface area contributed by atoms with Crippen LogP contribution in [0, 0.1) is 0 Å². The Labute approximate surface area is 43.0 Å². The van der Waals surface area contributed by atoms with Crippen molar-refractivity contribution in [3.63, 3.8) is 0 Å². The van der Waals surface area contributed by atoms with E-state index in [1.165, 1.54) is 0 Å². The van der Waals surface area contributed by atoms with E-state index in [1.807, 2.05) is 0 Å². The van der Waals surface area contributed by atoms with Gasteiger partial charge in [-0.2, -0.15) is 0 Å². The molecule has 0 aromatic rings. The van der Waals surface area contributed by atoms with Gasteiger partial charge in [-0.25, -0.2) is 0 Å². The Morgan fingerprint density at radius 2 is 2.50 bits per heavy atom. The van der Waals surface area contributed by atoms with Crippen LogP contribution >= 0.6 is 0 Å². The molecule has 1 heterocycles. The quantitative estimate of drug-likeness (QED) is 0.361. The van der Waals surface area contributed by atoms with Gasteiger partial charge in [0.1, 0.15) is 0 Å². The fourth-order valence-electron chi connectivity index (χ4n) is 0.286. The van der Waals surface area contributed by atoms with Gasteiger partial charge in [0.05, 0.1) is 0 Å². The maximum atomic E-state index is 9.82. The first kappa shape index (κ1) is 4.33. The third-order valence-corrected chi connectivity index (χ3v) is 9.05. The molecular formula is C3H4GeOSi. The van der Waals surface area contributed by atoms with Crippen LogP contribution in [-0.4, -0.2) is 27.1 Å². The SMILES string of the molecule is O=C[Si]1=[GeH][CH]=C1. The van der Waals surface area contributed by atoms with E-state index in [2.05, 4.69) is 10.6 Å². The molecule has 30 valence electrons. The summed E-state index contributed by atoms with van der Waals surface area (Å²) in [6.07, 6.45) is 0. The van der Waals surface area contributed by atoms with Crippen molar-refractivity contribution in [2.75, 3.05) is 0 Å². The van der Waals surface area contributed by atoms with Gasteiger partial charge in [0.25, 0.3) is 0 Å². The number of carbonyl (C=O) groups is 1. The molecule has 0 saturated heterocycles. The second-order valence-corrected chi connectivity index (χ2v) is 10.1. The standard InChI is InChI=1S/C3H4GeOSi/c5-3-6-2-1-4-6/h1-4H. The van der Waals surface area contributed by atoms with E-state index in [-0.39, 0.29) is 14.3 Å². The summed E-state index contributed by atoms with van der Waals surface area (Å²) < 4.78 is 0. The maximum absolute atomic E-state index is 9.82. The summed E-state index contributed by atoms with van der Waals surface area (Å²) in [6.45, 7) is -0.393. The van der Waals surface area contributed by atoms with Crippen molar-refractivity contribution in [1.29, 1.82) is 0 Å². The Hall–Kier alpha value is 0.170. The summed E-state index contributed by atoms with van der Waals surface area (Å²) in [5, 5.41) is 0. The molecule has 0 bridgehead atoms. The molecule has 1 aliphatic rings. The molecule has 0 fully saturated rings. The second kappa shape index (κ2) is 1.75. The summed E-state index contributed by atoms with van der Waals surface area (Å²) in [7, 11) is 0. The summed E-state index contributed by atoms with van der Waals surface area (Å²) in [4.78, 5) is 12.0. The van der Waals surface area contributed by atoms with E-state index in [9.17, 15) is 4.79 Å². The van der Waals surface area contributed by atoms with Crippen molar-refractivity contribution in [3.8, 4) is 0 Å². The second-order valence-electron chi connectivity index (χ2n) is 1.14. The Bertz CT molecular complexity index is 123. The van der Waals surface area contributed by atoms with Crippen LogP contribution in [0.3, 0.4) is 0 Å². The third-order valence-electron chi connectivity index (χ3n) is 0.713. The molecule has 0 amide bonds. The van der Waals surface area contributed by atoms with Crippen molar-refractivity contribution in [2.24, 2.45) is 0 Å². The van der Waals surface area contributed by atoms with Crippen LogP contribution in [0.15, 0.2) is 10.6 Å². The minimum absolute atomic E-state index is 0.0518. The summed E-state index contributed by atoms with van der Waals surface area (Å²) in [5.41, 5.74) is 2.08. The normalized spacial score (nSPS) is 15.7. The summed E-state index contributed by atoms with van der Waals surface area (Å²) in [5.74, 6) is 1.14. The first-order valence-electron chi connectivity index (χ1n) is 1.77. The Balaban J connectivity index is 2.57. The molecule has 0 aromatic carbocycles. The van der Waals surface area contributed by atoms with Gasteiger partial charge in [0.15, 0.2) is 0 Å². The van der Waals surface area contributed by atoms with Crippen LogP contribution in [0.5, 0.6) is 0 Å². The molecule has 0 radical (unpaired) electrons. The average Bonchev–Trinajstić information content (AvgIpc) is 1.31. The van der Waals surface area contributed by atoms with Gasteiger partial charge < -0.3 is 0 Å². The zero-order valence-corrected chi connectivity index (χ0v) is 6.64. The van der Waals surface area contributed by atoms with E-state index in [4.69, 9.17) is 0 Å². The van der Waals surface area contributed by atoms with Crippen molar-refractivity contribution < 1.29 is 4.79 Å². The molecule has 0 aromatic heterocycles. The monoisotopic (exact) mass is 158 g/mol. The molecule has 1 rings (SSSR count). The fraction of sp³-hybridized carbons (Fsp3) is 0. The molecule has 3 heteroatoms. The van der Waals surface area contributed by atoms with Crippen molar-refractivity contribution in [1.82, 2.24) is 0 Å². The van der Waals surface area contributed by atoms with Crippen LogP contribution in [0.2, 0.25) is 0 Å². The first-order valence-corrected chi connectivity index (χ1v) is 8.53. The van der Waals surface area contributed by atoms with Crippen LogP contribution in [-0.2, 0) is 4.79 Å². The molecule has 0 N–H and O–H groups in total. The predicted octanol–water partition coefficient (Wildman–Crippen LogP) is -0.747. The molecule has 0 saturated carbocycles. The average molecular weight is 157 g/mol. The van der Waals surface area contributed by atoms with E-state index < -0.39 is 6.86 Å². The third kappa shape index (κ3) is 0.628. The summed E-state index contributed by atoms with van der Waals surface area (Å²) in [6, 6.07) is 0. The zero-order valence-electron chi connectivity index (χ0n) is 3.22. The van der Waals surface area contributed by atoms with Gasteiger partial charge >= 0.3 is 42.5 Å². The molecule has 1 nitrogen and oxygen atoms in total. The molecule has 0 aliphatic carbocycles. The van der Waals surface area contributed by atoms with Crippen LogP contribution in [0.25, 0.3) is 0 Å². The van der Waals surface area contributed by atoms with Crippen molar-refractivity contribution in [2.45, 2.75) is 0 Å². The van der Waals surface area contributed by atoms with Crippen LogP contribution < -0.4 is 0 Å². The predicted molar refractivity (Wildman–Crippen MR) is 28.8 cm³/mol. The number of hydrogen-bond acceptors (Lipinski definition) is 1. The van der Waals surface area contributed by atoms with Gasteiger partial charge in [-0.05, 0) is 0 Å². The first-order chi connectivity index (χ1) is 2.93. The fourth-order valence-corrected chi connectivity index (χ4v) is 3.96. The molecule has 0 unspecified atom stereocenters. The Kier molecular flexibility index (Phi) is 1.26. The van der Waals surface area contributed by atoms with Crippen LogP contribution in [0.1, 0.15) is 0 Å². The van der Waals surface area contributed by atoms with E-state index in [1.54, 1.807) is 0 Å². The number of carbonyl (C=O) groups excluding carboxylic acids is 1.